The zero-order chi connectivity index (χ0) is 7.98. The van der Waals surface area contributed by atoms with E-state index in [9.17, 15) is 0 Å². The Kier molecular flexibility index (Phi) is 5.58. The first-order chi connectivity index (χ1) is 4.66. The van der Waals surface area contributed by atoms with Gasteiger partial charge in [-0.15, -0.1) is 0 Å². The van der Waals surface area contributed by atoms with E-state index in [1.54, 1.807) is 6.92 Å². The average Bonchev–Trinajstić information content (AvgIpc) is 1.87. The Hall–Kier alpha value is -0.120. The van der Waals surface area contributed by atoms with Crippen LogP contribution in [0.25, 0.3) is 0 Å². The Bertz CT molecular complexity index is 73.3. The van der Waals surface area contributed by atoms with Crippen LogP contribution in [0, 0.1) is 0 Å². The lowest BCUT2D eigenvalue weighted by Gasteiger charge is -2.07. The predicted octanol–water partition coefficient (Wildman–Crippen LogP) is -0.109. The van der Waals surface area contributed by atoms with Crippen molar-refractivity contribution in [1.29, 1.82) is 0 Å². The van der Waals surface area contributed by atoms with Crippen LogP contribution in [0.15, 0.2) is 0 Å². The highest BCUT2D eigenvalue weighted by molar-refractivity contribution is 4.54. The molecule has 2 atom stereocenters. The molecule has 2 unspecified atom stereocenters. The van der Waals surface area contributed by atoms with Crippen molar-refractivity contribution in [2.24, 2.45) is 0 Å². The van der Waals surface area contributed by atoms with Crippen LogP contribution in [-0.4, -0.2) is 34.1 Å². The molecule has 0 spiro atoms. The zero-order valence-electron chi connectivity index (χ0n) is 6.32. The lowest BCUT2D eigenvalue weighted by Crippen LogP contribution is -2.12. The second-order valence-electron chi connectivity index (χ2n) is 2.62. The largest absolute Gasteiger partial charge is 0.394 e. The van der Waals surface area contributed by atoms with Crippen LogP contribution < -0.4 is 0 Å². The summed E-state index contributed by atoms with van der Waals surface area (Å²) in [4.78, 5) is 0. The van der Waals surface area contributed by atoms with E-state index in [2.05, 4.69) is 0 Å². The van der Waals surface area contributed by atoms with Gasteiger partial charge in [0.1, 0.15) is 0 Å². The summed E-state index contributed by atoms with van der Waals surface area (Å²) in [5, 5.41) is 26.0. The van der Waals surface area contributed by atoms with Crippen LogP contribution in [0.4, 0.5) is 0 Å². The van der Waals surface area contributed by atoms with Gasteiger partial charge in [-0.2, -0.15) is 0 Å². The molecule has 0 aromatic rings. The molecule has 0 aliphatic carbocycles. The van der Waals surface area contributed by atoms with Crippen molar-refractivity contribution in [3.05, 3.63) is 0 Å². The third-order valence-electron chi connectivity index (χ3n) is 1.37. The van der Waals surface area contributed by atoms with Gasteiger partial charge in [-0.1, -0.05) is 0 Å². The van der Waals surface area contributed by atoms with Crippen molar-refractivity contribution < 1.29 is 15.3 Å². The lowest BCUT2D eigenvalue weighted by molar-refractivity contribution is 0.0814. The highest BCUT2D eigenvalue weighted by atomic mass is 16.3. The Morgan fingerprint density at radius 3 is 2.20 bits per heavy atom. The van der Waals surface area contributed by atoms with Gasteiger partial charge in [0.15, 0.2) is 0 Å². The minimum absolute atomic E-state index is 0.181. The zero-order valence-corrected chi connectivity index (χ0v) is 6.32. The van der Waals surface area contributed by atoms with Crippen LogP contribution in [-0.2, 0) is 0 Å². The number of rotatable bonds is 5. The Balaban J connectivity index is 3.03. The van der Waals surface area contributed by atoms with E-state index < -0.39 is 6.10 Å². The third kappa shape index (κ3) is 6.01. The van der Waals surface area contributed by atoms with Crippen molar-refractivity contribution in [2.75, 3.05) is 6.61 Å². The fourth-order valence-corrected chi connectivity index (χ4v) is 0.740. The van der Waals surface area contributed by atoms with Gasteiger partial charge in [-0.05, 0) is 26.2 Å². The molecule has 3 heteroatoms. The van der Waals surface area contributed by atoms with Gasteiger partial charge >= 0.3 is 0 Å². The van der Waals surface area contributed by atoms with E-state index in [0.717, 1.165) is 6.42 Å². The van der Waals surface area contributed by atoms with E-state index in [4.69, 9.17) is 15.3 Å². The smallest absolute Gasteiger partial charge is 0.0771 e. The van der Waals surface area contributed by atoms with Crippen LogP contribution in [0.3, 0.4) is 0 Å². The molecule has 0 aliphatic heterocycles. The Morgan fingerprint density at radius 2 is 1.80 bits per heavy atom. The number of hydrogen-bond donors (Lipinski definition) is 3. The van der Waals surface area contributed by atoms with Gasteiger partial charge in [0.25, 0.3) is 0 Å². The summed E-state index contributed by atoms with van der Waals surface area (Å²) < 4.78 is 0. The van der Waals surface area contributed by atoms with E-state index in [0.29, 0.717) is 12.8 Å². The number of aliphatic hydroxyl groups is 3. The van der Waals surface area contributed by atoms with Crippen LogP contribution in [0.2, 0.25) is 0 Å². The summed E-state index contributed by atoms with van der Waals surface area (Å²) in [6.45, 7) is 1.53. The van der Waals surface area contributed by atoms with Crippen LogP contribution >= 0.6 is 0 Å². The molecule has 3 nitrogen and oxygen atoms in total. The normalized spacial score (nSPS) is 16.8. The fourth-order valence-electron chi connectivity index (χ4n) is 0.740. The fraction of sp³-hybridized carbons (Fsp3) is 1.00. The van der Waals surface area contributed by atoms with Crippen LogP contribution in [0.5, 0.6) is 0 Å². The van der Waals surface area contributed by atoms with Gasteiger partial charge in [0.2, 0.25) is 0 Å². The standard InChI is InChI=1S/C7H16O3/c1-6(9)3-2-4-7(10)5-8/h6-10H,2-5H2,1H3. The van der Waals surface area contributed by atoms with Crippen molar-refractivity contribution in [2.45, 2.75) is 38.4 Å². The second-order valence-corrected chi connectivity index (χ2v) is 2.62. The van der Waals surface area contributed by atoms with E-state index in [1.165, 1.54) is 0 Å². The van der Waals surface area contributed by atoms with Gasteiger partial charge < -0.3 is 15.3 Å². The van der Waals surface area contributed by atoms with E-state index >= 15 is 0 Å². The van der Waals surface area contributed by atoms with Crippen molar-refractivity contribution >= 4 is 0 Å². The summed E-state index contributed by atoms with van der Waals surface area (Å²) in [7, 11) is 0. The topological polar surface area (TPSA) is 60.7 Å². The maximum absolute atomic E-state index is 8.84. The number of hydrogen-bond acceptors (Lipinski definition) is 3. The molecular weight excluding hydrogens is 132 g/mol. The first-order valence-electron chi connectivity index (χ1n) is 3.63. The monoisotopic (exact) mass is 148 g/mol. The maximum atomic E-state index is 8.84. The summed E-state index contributed by atoms with van der Waals surface area (Å²) in [6, 6.07) is 0. The van der Waals surface area contributed by atoms with Gasteiger partial charge in [0, 0.05) is 0 Å². The molecule has 0 fully saturated rings. The molecule has 0 aliphatic rings. The SMILES string of the molecule is CC(O)CCCC(O)CO. The van der Waals surface area contributed by atoms with Gasteiger partial charge in [-0.3, -0.25) is 0 Å². The maximum Gasteiger partial charge on any atom is 0.0771 e. The molecule has 62 valence electrons. The molecule has 0 bridgehead atoms. The number of aliphatic hydroxyl groups excluding tert-OH is 3. The molecule has 0 aromatic heterocycles. The van der Waals surface area contributed by atoms with E-state index in [1.807, 2.05) is 0 Å². The molecule has 3 N–H and O–H groups in total. The quantitative estimate of drug-likeness (QED) is 0.510. The molecule has 0 heterocycles. The van der Waals surface area contributed by atoms with Crippen molar-refractivity contribution in [3.8, 4) is 0 Å². The summed E-state index contributed by atoms with van der Waals surface area (Å²) in [5.41, 5.74) is 0. The molecule has 0 rings (SSSR count). The summed E-state index contributed by atoms with van der Waals surface area (Å²) in [5.74, 6) is 0. The highest BCUT2D eigenvalue weighted by Crippen LogP contribution is 2.02. The van der Waals surface area contributed by atoms with Crippen molar-refractivity contribution in [3.63, 3.8) is 0 Å². The summed E-state index contributed by atoms with van der Waals surface area (Å²) in [6.07, 6.45) is 1.11. The second kappa shape index (κ2) is 5.65. The highest BCUT2D eigenvalue weighted by Gasteiger charge is 2.02. The molecule has 0 radical (unpaired) electrons. The molecular formula is C7H16O3. The van der Waals surface area contributed by atoms with Gasteiger partial charge in [0.05, 0.1) is 18.8 Å². The molecule has 0 saturated heterocycles. The lowest BCUT2D eigenvalue weighted by atomic mass is 10.1. The first kappa shape index (κ1) is 9.88. The van der Waals surface area contributed by atoms with Crippen LogP contribution in [0.1, 0.15) is 26.2 Å². The summed E-state index contributed by atoms with van der Waals surface area (Å²) >= 11 is 0. The molecule has 0 aromatic carbocycles. The first-order valence-corrected chi connectivity index (χ1v) is 3.63. The predicted molar refractivity (Wildman–Crippen MR) is 38.6 cm³/mol. The van der Waals surface area contributed by atoms with E-state index in [-0.39, 0.29) is 12.7 Å². The van der Waals surface area contributed by atoms with Gasteiger partial charge in [-0.25, -0.2) is 0 Å². The minimum atomic E-state index is -0.612. The van der Waals surface area contributed by atoms with Crippen molar-refractivity contribution in [1.82, 2.24) is 0 Å². The molecule has 0 amide bonds. The third-order valence-corrected chi connectivity index (χ3v) is 1.37. The molecule has 0 saturated carbocycles. The average molecular weight is 148 g/mol. The Labute approximate surface area is 61.3 Å². The molecule has 10 heavy (non-hydrogen) atoms. The minimum Gasteiger partial charge on any atom is -0.394 e. The Morgan fingerprint density at radius 1 is 1.20 bits per heavy atom.